The van der Waals surface area contributed by atoms with Crippen molar-refractivity contribution in [3.8, 4) is 0 Å². The third-order valence-electron chi connectivity index (χ3n) is 2.44. The van der Waals surface area contributed by atoms with Crippen molar-refractivity contribution in [2.45, 2.75) is 19.4 Å². The predicted molar refractivity (Wildman–Crippen MR) is 63.0 cm³/mol. The number of nitrogens with zero attached hydrogens (tertiary/aromatic N) is 1. The fraction of sp³-hybridized carbons (Fsp3) is 0.700. The normalized spacial score (nSPS) is 10.7. The third-order valence-corrected chi connectivity index (χ3v) is 2.44. The average molecular weight is 261 g/mol. The highest BCUT2D eigenvalue weighted by Gasteiger charge is 2.26. The number of rotatable bonds is 6. The van der Waals surface area contributed by atoms with Crippen LogP contribution >= 0.6 is 0 Å². The lowest BCUT2D eigenvalue weighted by Crippen LogP contribution is -2.53. The number of amides is 3. The lowest BCUT2D eigenvalue weighted by atomic mass is 10.1. The van der Waals surface area contributed by atoms with Gasteiger partial charge in [0, 0.05) is 7.05 Å². The lowest BCUT2D eigenvalue weighted by Gasteiger charge is -2.33. The predicted octanol–water partition coefficient (Wildman–Crippen LogP) is -1.40. The Hall–Kier alpha value is -1.83. The minimum Gasteiger partial charge on any atom is -0.480 e. The van der Waals surface area contributed by atoms with Gasteiger partial charge in [-0.1, -0.05) is 0 Å². The first-order valence-corrected chi connectivity index (χ1v) is 5.31. The van der Waals surface area contributed by atoms with Crippen molar-refractivity contribution in [3.63, 3.8) is 0 Å². The molecule has 3 amide bonds. The van der Waals surface area contributed by atoms with Gasteiger partial charge in [-0.25, -0.2) is 4.79 Å². The van der Waals surface area contributed by atoms with Crippen molar-refractivity contribution in [2.24, 2.45) is 0 Å². The molecule has 0 bridgehead atoms. The number of carboxylic acids is 1. The molecule has 0 fully saturated rings. The maximum atomic E-state index is 11.6. The molecule has 0 atom stereocenters. The zero-order chi connectivity index (χ0) is 14.3. The van der Waals surface area contributed by atoms with E-state index in [4.69, 9.17) is 10.2 Å². The number of aliphatic hydroxyl groups is 1. The van der Waals surface area contributed by atoms with Crippen LogP contribution in [0.4, 0.5) is 4.79 Å². The van der Waals surface area contributed by atoms with E-state index in [2.05, 4.69) is 10.6 Å². The largest absolute Gasteiger partial charge is 0.480 e. The van der Waals surface area contributed by atoms with Crippen LogP contribution in [0.15, 0.2) is 0 Å². The molecule has 0 saturated carbocycles. The van der Waals surface area contributed by atoms with Crippen molar-refractivity contribution in [3.05, 3.63) is 0 Å². The second-order valence-corrected chi connectivity index (χ2v) is 4.36. The van der Waals surface area contributed by atoms with E-state index in [1.54, 1.807) is 13.8 Å². The van der Waals surface area contributed by atoms with Crippen LogP contribution in [0.1, 0.15) is 13.8 Å². The third kappa shape index (κ3) is 5.48. The number of urea groups is 1. The van der Waals surface area contributed by atoms with Gasteiger partial charge in [0.1, 0.15) is 6.54 Å². The van der Waals surface area contributed by atoms with Crippen molar-refractivity contribution >= 4 is 17.9 Å². The van der Waals surface area contributed by atoms with Gasteiger partial charge in [0.2, 0.25) is 5.91 Å². The number of aliphatic carboxylic acids is 1. The van der Waals surface area contributed by atoms with E-state index in [0.29, 0.717) is 0 Å². The summed E-state index contributed by atoms with van der Waals surface area (Å²) in [6.07, 6.45) is 0. The summed E-state index contributed by atoms with van der Waals surface area (Å²) in [5.41, 5.74) is -0.748. The molecule has 0 saturated heterocycles. The minimum atomic E-state index is -1.16. The molecule has 8 heteroatoms. The minimum absolute atomic E-state index is 0.220. The van der Waals surface area contributed by atoms with Crippen LogP contribution in [0.5, 0.6) is 0 Å². The standard InChI is InChI=1S/C10H19N3O5/c1-10(2,6-14)13(3)9(18)12-4-7(15)11-5-8(16)17/h14H,4-6H2,1-3H3,(H,11,15)(H,12,18)(H,16,17). The van der Waals surface area contributed by atoms with Gasteiger partial charge < -0.3 is 25.7 Å². The highest BCUT2D eigenvalue weighted by Crippen LogP contribution is 2.10. The Balaban J connectivity index is 4.11. The molecular weight excluding hydrogens is 242 g/mol. The molecule has 4 N–H and O–H groups in total. The summed E-state index contributed by atoms with van der Waals surface area (Å²) in [7, 11) is 1.49. The van der Waals surface area contributed by atoms with E-state index >= 15 is 0 Å². The number of nitrogens with one attached hydrogen (secondary N) is 2. The van der Waals surface area contributed by atoms with E-state index < -0.39 is 30.0 Å². The maximum absolute atomic E-state index is 11.6. The second kappa shape index (κ2) is 6.80. The smallest absolute Gasteiger partial charge is 0.322 e. The molecule has 0 aliphatic carbocycles. The van der Waals surface area contributed by atoms with Crippen molar-refractivity contribution in [2.75, 3.05) is 26.7 Å². The zero-order valence-corrected chi connectivity index (χ0v) is 10.7. The number of hydrogen-bond acceptors (Lipinski definition) is 4. The molecule has 0 aromatic rings. The molecule has 0 heterocycles. The van der Waals surface area contributed by atoms with Crippen molar-refractivity contribution < 1.29 is 24.6 Å². The van der Waals surface area contributed by atoms with Crippen LogP contribution < -0.4 is 10.6 Å². The maximum Gasteiger partial charge on any atom is 0.322 e. The Morgan fingerprint density at radius 1 is 1.17 bits per heavy atom. The SMILES string of the molecule is CN(C(=O)NCC(=O)NCC(=O)O)C(C)(C)CO. The van der Waals surface area contributed by atoms with E-state index in [1.165, 1.54) is 11.9 Å². The number of carbonyl (C=O) groups is 3. The van der Waals surface area contributed by atoms with E-state index in [0.717, 1.165) is 0 Å². The van der Waals surface area contributed by atoms with E-state index in [1.807, 2.05) is 0 Å². The van der Waals surface area contributed by atoms with Gasteiger partial charge in [-0.2, -0.15) is 0 Å². The average Bonchev–Trinajstić information content (AvgIpc) is 2.32. The van der Waals surface area contributed by atoms with Crippen molar-refractivity contribution in [1.29, 1.82) is 0 Å². The first kappa shape index (κ1) is 16.2. The number of carbonyl (C=O) groups excluding carboxylic acids is 2. The van der Waals surface area contributed by atoms with Crippen LogP contribution in [0.3, 0.4) is 0 Å². The first-order chi connectivity index (χ1) is 8.20. The Bertz CT molecular complexity index is 329. The van der Waals surface area contributed by atoms with Gasteiger partial charge in [-0.15, -0.1) is 0 Å². The highest BCUT2D eigenvalue weighted by molar-refractivity contribution is 5.86. The monoisotopic (exact) mass is 261 g/mol. The fourth-order valence-electron chi connectivity index (χ4n) is 0.892. The molecule has 0 unspecified atom stereocenters. The molecule has 8 nitrogen and oxygen atoms in total. The highest BCUT2D eigenvalue weighted by atomic mass is 16.4. The number of likely N-dealkylation sites (N-methyl/N-ethyl adjacent to an activating group) is 1. The second-order valence-electron chi connectivity index (χ2n) is 4.36. The zero-order valence-electron chi connectivity index (χ0n) is 10.7. The topological polar surface area (TPSA) is 119 Å². The molecule has 0 aliphatic heterocycles. The van der Waals surface area contributed by atoms with E-state index in [9.17, 15) is 14.4 Å². The summed E-state index contributed by atoms with van der Waals surface area (Å²) < 4.78 is 0. The van der Waals surface area contributed by atoms with Gasteiger partial charge in [0.25, 0.3) is 0 Å². The number of hydrogen-bond donors (Lipinski definition) is 4. The summed E-state index contributed by atoms with van der Waals surface area (Å²) >= 11 is 0. The molecular formula is C10H19N3O5. The van der Waals surface area contributed by atoms with Crippen molar-refractivity contribution in [1.82, 2.24) is 15.5 Å². The first-order valence-electron chi connectivity index (χ1n) is 5.31. The summed E-state index contributed by atoms with van der Waals surface area (Å²) in [6, 6.07) is -0.528. The Kier molecular flexibility index (Phi) is 6.11. The van der Waals surface area contributed by atoms with Crippen LogP contribution in [0, 0.1) is 0 Å². The van der Waals surface area contributed by atoms with Gasteiger partial charge in [-0.05, 0) is 13.8 Å². The van der Waals surface area contributed by atoms with Gasteiger partial charge in [0.15, 0.2) is 0 Å². The molecule has 18 heavy (non-hydrogen) atoms. The van der Waals surface area contributed by atoms with Gasteiger partial charge in [-0.3, -0.25) is 9.59 Å². The summed E-state index contributed by atoms with van der Waals surface area (Å²) in [6.45, 7) is 2.29. The number of carboxylic acid groups (broad SMARTS) is 1. The number of aliphatic hydroxyl groups excluding tert-OH is 1. The van der Waals surface area contributed by atoms with Crippen LogP contribution in [0.25, 0.3) is 0 Å². The summed E-state index contributed by atoms with van der Waals surface area (Å²) in [5.74, 6) is -1.76. The molecule has 104 valence electrons. The molecule has 0 rings (SSSR count). The van der Waals surface area contributed by atoms with E-state index in [-0.39, 0.29) is 13.2 Å². The van der Waals surface area contributed by atoms with Crippen LogP contribution in [-0.4, -0.2) is 65.3 Å². The quantitative estimate of drug-likeness (QED) is 0.469. The van der Waals surface area contributed by atoms with Gasteiger partial charge in [0.05, 0.1) is 18.7 Å². The summed E-state index contributed by atoms with van der Waals surface area (Å²) in [4.78, 5) is 34.2. The van der Waals surface area contributed by atoms with Gasteiger partial charge >= 0.3 is 12.0 Å². The Morgan fingerprint density at radius 2 is 1.72 bits per heavy atom. The Labute approximate surface area is 105 Å². The molecule has 0 radical (unpaired) electrons. The lowest BCUT2D eigenvalue weighted by molar-refractivity contribution is -0.137. The molecule has 0 aliphatic rings. The Morgan fingerprint density at radius 3 is 2.17 bits per heavy atom. The molecule has 0 aromatic carbocycles. The summed E-state index contributed by atoms with van der Waals surface area (Å²) in [5, 5.41) is 21.8. The van der Waals surface area contributed by atoms with Crippen LogP contribution in [-0.2, 0) is 9.59 Å². The molecule has 0 aromatic heterocycles. The van der Waals surface area contributed by atoms with Crippen LogP contribution in [0.2, 0.25) is 0 Å². The fourth-order valence-corrected chi connectivity index (χ4v) is 0.892. The molecule has 0 spiro atoms.